The van der Waals surface area contributed by atoms with Crippen molar-refractivity contribution in [3.63, 3.8) is 0 Å². The number of carbonyl (C=O) groups is 3. The Morgan fingerprint density at radius 3 is 2.13 bits per heavy atom. The maximum absolute atomic E-state index is 12.6. The van der Waals surface area contributed by atoms with Crippen LogP contribution < -0.4 is 10.6 Å². The van der Waals surface area contributed by atoms with Crippen molar-refractivity contribution in [2.24, 2.45) is 0 Å². The fourth-order valence-corrected chi connectivity index (χ4v) is 3.15. The molecule has 1 atom stereocenters. The fraction of sp³-hybridized carbons (Fsp3) is 0.375. The van der Waals surface area contributed by atoms with Crippen LogP contribution >= 0.6 is 0 Å². The first-order chi connectivity index (χ1) is 15.0. The Labute approximate surface area is 182 Å². The Morgan fingerprint density at radius 1 is 0.839 bits per heavy atom. The smallest absolute Gasteiger partial charge is 0.303 e. The zero-order chi connectivity index (χ0) is 22.5. The summed E-state index contributed by atoms with van der Waals surface area (Å²) in [7, 11) is 0. The predicted octanol–water partition coefficient (Wildman–Crippen LogP) is 2.99. The van der Waals surface area contributed by atoms with Crippen molar-refractivity contribution in [1.29, 1.82) is 0 Å². The first-order valence-electron chi connectivity index (χ1n) is 10.6. The van der Waals surface area contributed by atoms with Crippen LogP contribution in [0, 0.1) is 0 Å². The number of amides is 2. The molecular weight excluding hydrogens is 396 g/mol. The highest BCUT2D eigenvalue weighted by atomic mass is 16.4. The van der Waals surface area contributed by atoms with Gasteiger partial charge in [0.1, 0.15) is 6.04 Å². The van der Waals surface area contributed by atoms with Gasteiger partial charge in [-0.15, -0.1) is 0 Å². The number of aliphatic hydroxyl groups is 1. The summed E-state index contributed by atoms with van der Waals surface area (Å²) in [5, 5.41) is 23.2. The SMILES string of the molecule is O=C(O)CC[C@H](NC(=O)c1ccc(-c2ccccc2)cc1)C(=O)NCCCCCCO. The van der Waals surface area contributed by atoms with Crippen molar-refractivity contribution >= 4 is 17.8 Å². The van der Waals surface area contributed by atoms with Crippen LogP contribution in [0.3, 0.4) is 0 Å². The number of carbonyl (C=O) groups excluding carboxylic acids is 2. The van der Waals surface area contributed by atoms with Crippen LogP contribution in [-0.2, 0) is 9.59 Å². The van der Waals surface area contributed by atoms with E-state index in [0.717, 1.165) is 36.8 Å². The number of rotatable bonds is 13. The Bertz CT molecular complexity index is 837. The lowest BCUT2D eigenvalue weighted by Crippen LogP contribution is -2.47. The maximum atomic E-state index is 12.6. The molecular formula is C24H30N2O5. The van der Waals surface area contributed by atoms with Gasteiger partial charge in [-0.2, -0.15) is 0 Å². The summed E-state index contributed by atoms with van der Waals surface area (Å²) in [4.78, 5) is 36.1. The largest absolute Gasteiger partial charge is 0.481 e. The molecule has 7 heteroatoms. The molecule has 0 fully saturated rings. The van der Waals surface area contributed by atoms with Gasteiger partial charge in [0.25, 0.3) is 5.91 Å². The molecule has 0 aliphatic rings. The Kier molecular flexibility index (Phi) is 10.2. The Morgan fingerprint density at radius 2 is 1.48 bits per heavy atom. The molecule has 0 aromatic heterocycles. The van der Waals surface area contributed by atoms with Crippen LogP contribution in [0.5, 0.6) is 0 Å². The molecule has 31 heavy (non-hydrogen) atoms. The lowest BCUT2D eigenvalue weighted by molar-refractivity contribution is -0.137. The summed E-state index contributed by atoms with van der Waals surface area (Å²) < 4.78 is 0. The average Bonchev–Trinajstić information content (AvgIpc) is 2.79. The van der Waals surface area contributed by atoms with Crippen molar-refractivity contribution in [2.75, 3.05) is 13.2 Å². The molecule has 2 amide bonds. The van der Waals surface area contributed by atoms with E-state index in [1.54, 1.807) is 12.1 Å². The molecule has 0 heterocycles. The molecule has 0 bridgehead atoms. The zero-order valence-corrected chi connectivity index (χ0v) is 17.5. The first-order valence-corrected chi connectivity index (χ1v) is 10.6. The van der Waals surface area contributed by atoms with Crippen LogP contribution in [0.4, 0.5) is 0 Å². The maximum Gasteiger partial charge on any atom is 0.303 e. The van der Waals surface area contributed by atoms with Crippen molar-refractivity contribution in [3.8, 4) is 11.1 Å². The number of carboxylic acid groups (broad SMARTS) is 1. The highest BCUT2D eigenvalue weighted by molar-refractivity contribution is 5.98. The summed E-state index contributed by atoms with van der Waals surface area (Å²) >= 11 is 0. The van der Waals surface area contributed by atoms with Gasteiger partial charge in [0.15, 0.2) is 0 Å². The number of aliphatic hydroxyl groups excluding tert-OH is 1. The molecule has 0 aliphatic heterocycles. The highest BCUT2D eigenvalue weighted by Crippen LogP contribution is 2.19. The molecule has 166 valence electrons. The van der Waals surface area contributed by atoms with Crippen molar-refractivity contribution in [3.05, 3.63) is 60.2 Å². The minimum Gasteiger partial charge on any atom is -0.481 e. The molecule has 7 nitrogen and oxygen atoms in total. The summed E-state index contributed by atoms with van der Waals surface area (Å²) in [5.74, 6) is -1.84. The standard InChI is InChI=1S/C24H30N2O5/c27-17-7-2-1-6-16-25-24(31)21(14-15-22(28)29)26-23(30)20-12-10-19(11-13-20)18-8-4-3-5-9-18/h3-5,8-13,21,27H,1-2,6-7,14-17H2,(H,25,31)(H,26,30)(H,28,29)/t21-/m0/s1. The number of aliphatic carboxylic acids is 1. The van der Waals surface area contributed by atoms with Crippen LogP contribution in [0.15, 0.2) is 54.6 Å². The lowest BCUT2D eigenvalue weighted by atomic mass is 10.0. The van der Waals surface area contributed by atoms with Gasteiger partial charge >= 0.3 is 5.97 Å². The zero-order valence-electron chi connectivity index (χ0n) is 17.5. The quantitative estimate of drug-likeness (QED) is 0.368. The van der Waals surface area contributed by atoms with E-state index in [2.05, 4.69) is 10.6 Å². The van der Waals surface area contributed by atoms with Gasteiger partial charge in [0.2, 0.25) is 5.91 Å². The minimum atomic E-state index is -1.02. The number of hydrogen-bond acceptors (Lipinski definition) is 4. The van der Waals surface area contributed by atoms with E-state index in [1.807, 2.05) is 42.5 Å². The topological polar surface area (TPSA) is 116 Å². The van der Waals surface area contributed by atoms with Gasteiger partial charge in [-0.05, 0) is 42.5 Å². The van der Waals surface area contributed by atoms with Crippen molar-refractivity contribution in [2.45, 2.75) is 44.6 Å². The van der Waals surface area contributed by atoms with E-state index in [1.165, 1.54) is 0 Å². The fourth-order valence-electron chi connectivity index (χ4n) is 3.15. The third-order valence-electron chi connectivity index (χ3n) is 4.91. The van der Waals surface area contributed by atoms with E-state index < -0.39 is 23.8 Å². The van der Waals surface area contributed by atoms with E-state index in [-0.39, 0.29) is 19.4 Å². The summed E-state index contributed by atoms with van der Waals surface area (Å²) in [6.07, 6.45) is 3.03. The van der Waals surface area contributed by atoms with Gasteiger partial charge < -0.3 is 20.8 Å². The van der Waals surface area contributed by atoms with Crippen LogP contribution in [0.1, 0.15) is 48.9 Å². The summed E-state index contributed by atoms with van der Waals surface area (Å²) in [5.41, 5.74) is 2.41. The Hall–Kier alpha value is -3.19. The molecule has 2 aromatic rings. The molecule has 0 unspecified atom stereocenters. The normalized spacial score (nSPS) is 11.5. The Balaban J connectivity index is 1.94. The number of unbranched alkanes of at least 4 members (excludes halogenated alkanes) is 3. The number of nitrogens with one attached hydrogen (secondary N) is 2. The van der Waals surface area contributed by atoms with E-state index in [4.69, 9.17) is 10.2 Å². The van der Waals surface area contributed by atoms with Crippen molar-refractivity contribution in [1.82, 2.24) is 10.6 Å². The average molecular weight is 427 g/mol. The summed E-state index contributed by atoms with van der Waals surface area (Å²) in [6.45, 7) is 0.595. The molecule has 0 saturated carbocycles. The van der Waals surface area contributed by atoms with Crippen LogP contribution in [0.25, 0.3) is 11.1 Å². The van der Waals surface area contributed by atoms with Gasteiger partial charge in [-0.3, -0.25) is 14.4 Å². The molecule has 0 spiro atoms. The second kappa shape index (κ2) is 13.2. The molecule has 0 saturated heterocycles. The van der Waals surface area contributed by atoms with E-state index in [0.29, 0.717) is 12.1 Å². The predicted molar refractivity (Wildman–Crippen MR) is 119 cm³/mol. The van der Waals surface area contributed by atoms with Crippen LogP contribution in [-0.4, -0.2) is 47.2 Å². The van der Waals surface area contributed by atoms with Gasteiger partial charge in [-0.25, -0.2) is 0 Å². The van der Waals surface area contributed by atoms with Crippen molar-refractivity contribution < 1.29 is 24.6 Å². The van der Waals surface area contributed by atoms with Gasteiger partial charge in [0.05, 0.1) is 0 Å². The second-order valence-corrected chi connectivity index (χ2v) is 7.33. The number of carboxylic acids is 1. The van der Waals surface area contributed by atoms with Gasteiger partial charge in [-0.1, -0.05) is 55.3 Å². The van der Waals surface area contributed by atoms with Crippen LogP contribution in [0.2, 0.25) is 0 Å². The molecule has 2 rings (SSSR count). The van der Waals surface area contributed by atoms with E-state index in [9.17, 15) is 14.4 Å². The monoisotopic (exact) mass is 426 g/mol. The van der Waals surface area contributed by atoms with Gasteiger partial charge in [0, 0.05) is 25.1 Å². The highest BCUT2D eigenvalue weighted by Gasteiger charge is 2.22. The molecule has 0 radical (unpaired) electrons. The molecule has 0 aliphatic carbocycles. The number of benzene rings is 2. The number of hydrogen-bond donors (Lipinski definition) is 4. The summed E-state index contributed by atoms with van der Waals surface area (Å²) in [6, 6.07) is 15.9. The van der Waals surface area contributed by atoms with E-state index >= 15 is 0 Å². The first kappa shape index (κ1) is 24.1. The third kappa shape index (κ3) is 8.60. The molecule has 4 N–H and O–H groups in total. The second-order valence-electron chi connectivity index (χ2n) is 7.33. The minimum absolute atomic E-state index is 0.0134. The molecule has 2 aromatic carbocycles. The third-order valence-corrected chi connectivity index (χ3v) is 4.91. The lowest BCUT2D eigenvalue weighted by Gasteiger charge is -2.18.